The van der Waals surface area contributed by atoms with Crippen molar-refractivity contribution < 1.29 is 8.78 Å². The highest BCUT2D eigenvalue weighted by atomic mass is 79.9. The first-order valence-electron chi connectivity index (χ1n) is 6.16. The van der Waals surface area contributed by atoms with Gasteiger partial charge in [-0.3, -0.25) is 0 Å². The van der Waals surface area contributed by atoms with E-state index >= 15 is 0 Å². The molecule has 1 unspecified atom stereocenters. The van der Waals surface area contributed by atoms with Gasteiger partial charge in [0.15, 0.2) is 0 Å². The van der Waals surface area contributed by atoms with Crippen LogP contribution in [0, 0.1) is 11.6 Å². The van der Waals surface area contributed by atoms with Crippen LogP contribution >= 0.6 is 15.9 Å². The normalized spacial score (nSPS) is 12.2. The fourth-order valence-corrected chi connectivity index (χ4v) is 2.52. The van der Waals surface area contributed by atoms with Gasteiger partial charge < -0.3 is 10.6 Å². The molecule has 0 bridgehead atoms. The Hall–Kier alpha value is -1.46. The molecule has 106 valence electrons. The third-order valence-electron chi connectivity index (χ3n) is 3.22. The van der Waals surface area contributed by atoms with Crippen molar-refractivity contribution in [3.05, 3.63) is 64.1 Å². The molecule has 2 nitrogen and oxygen atoms in total. The molecule has 0 aliphatic carbocycles. The van der Waals surface area contributed by atoms with Gasteiger partial charge in [-0.05, 0) is 36.4 Å². The second-order valence-electron chi connectivity index (χ2n) is 4.51. The van der Waals surface area contributed by atoms with Gasteiger partial charge in [0.05, 0.1) is 6.04 Å². The van der Waals surface area contributed by atoms with E-state index in [1.807, 2.05) is 0 Å². The Morgan fingerprint density at radius 1 is 1.20 bits per heavy atom. The van der Waals surface area contributed by atoms with Gasteiger partial charge in [0.1, 0.15) is 11.6 Å². The fourth-order valence-electron chi connectivity index (χ4n) is 2.14. The molecule has 0 aromatic heterocycles. The third-order valence-corrected chi connectivity index (χ3v) is 3.72. The van der Waals surface area contributed by atoms with Gasteiger partial charge in [0.2, 0.25) is 0 Å². The van der Waals surface area contributed by atoms with Crippen molar-refractivity contribution in [1.29, 1.82) is 0 Å². The van der Waals surface area contributed by atoms with Crippen LogP contribution in [0.3, 0.4) is 0 Å². The Balaban J connectivity index is 2.39. The van der Waals surface area contributed by atoms with E-state index in [2.05, 4.69) is 15.9 Å². The molecule has 0 spiro atoms. The number of likely N-dealkylation sites (N-methyl/N-ethyl adjacent to an activating group) is 1. The lowest BCUT2D eigenvalue weighted by Crippen LogP contribution is -2.31. The molecule has 0 radical (unpaired) electrons. The Bertz CT molecular complexity index is 604. The third kappa shape index (κ3) is 3.16. The molecule has 2 aromatic rings. The number of hydrogen-bond acceptors (Lipinski definition) is 2. The van der Waals surface area contributed by atoms with Crippen molar-refractivity contribution in [3.8, 4) is 0 Å². The molecule has 0 saturated carbocycles. The molecular weight excluding hydrogens is 326 g/mol. The summed E-state index contributed by atoms with van der Waals surface area (Å²) in [6.07, 6.45) is 0. The number of anilines is 1. The van der Waals surface area contributed by atoms with Gasteiger partial charge in [0.25, 0.3) is 0 Å². The van der Waals surface area contributed by atoms with Gasteiger partial charge >= 0.3 is 0 Å². The molecule has 20 heavy (non-hydrogen) atoms. The van der Waals surface area contributed by atoms with E-state index < -0.39 is 0 Å². The minimum absolute atomic E-state index is 0.223. The summed E-state index contributed by atoms with van der Waals surface area (Å²) in [7, 11) is 1.77. The summed E-state index contributed by atoms with van der Waals surface area (Å²) in [5.41, 5.74) is 6.92. The van der Waals surface area contributed by atoms with Gasteiger partial charge in [-0.25, -0.2) is 8.78 Å². The zero-order chi connectivity index (χ0) is 14.7. The Morgan fingerprint density at radius 3 is 2.60 bits per heavy atom. The molecular formula is C15H15BrF2N2. The van der Waals surface area contributed by atoms with E-state index in [9.17, 15) is 8.78 Å². The summed E-state index contributed by atoms with van der Waals surface area (Å²) in [4.78, 5) is 1.77. The maximum Gasteiger partial charge on any atom is 0.128 e. The van der Waals surface area contributed by atoms with Crippen LogP contribution in [0.5, 0.6) is 0 Å². The average molecular weight is 341 g/mol. The van der Waals surface area contributed by atoms with E-state index in [4.69, 9.17) is 5.73 Å². The summed E-state index contributed by atoms with van der Waals surface area (Å²) < 4.78 is 28.1. The molecule has 0 fully saturated rings. The summed E-state index contributed by atoms with van der Waals surface area (Å²) >= 11 is 3.32. The van der Waals surface area contributed by atoms with E-state index in [0.29, 0.717) is 11.3 Å². The molecule has 2 aromatic carbocycles. The minimum Gasteiger partial charge on any atom is -0.366 e. The highest BCUT2D eigenvalue weighted by Gasteiger charge is 2.20. The maximum atomic E-state index is 14.0. The van der Waals surface area contributed by atoms with Crippen LogP contribution in [-0.2, 0) is 0 Å². The van der Waals surface area contributed by atoms with Crippen molar-refractivity contribution in [2.24, 2.45) is 5.73 Å². The first kappa shape index (κ1) is 14.9. The Morgan fingerprint density at radius 2 is 1.95 bits per heavy atom. The van der Waals surface area contributed by atoms with Crippen molar-refractivity contribution in [3.63, 3.8) is 0 Å². The van der Waals surface area contributed by atoms with Crippen LogP contribution < -0.4 is 10.6 Å². The highest BCUT2D eigenvalue weighted by molar-refractivity contribution is 9.10. The van der Waals surface area contributed by atoms with E-state index in [1.165, 1.54) is 18.2 Å². The lowest BCUT2D eigenvalue weighted by atomic mass is 10.0. The topological polar surface area (TPSA) is 29.3 Å². The van der Waals surface area contributed by atoms with Crippen LogP contribution in [0.25, 0.3) is 0 Å². The summed E-state index contributed by atoms with van der Waals surface area (Å²) in [6.45, 7) is 0.223. The second kappa shape index (κ2) is 6.33. The molecule has 0 saturated heterocycles. The van der Waals surface area contributed by atoms with Crippen LogP contribution in [0.1, 0.15) is 11.6 Å². The Kier molecular flexibility index (Phi) is 4.73. The fraction of sp³-hybridized carbons (Fsp3) is 0.200. The zero-order valence-electron chi connectivity index (χ0n) is 11.0. The van der Waals surface area contributed by atoms with Gasteiger partial charge in [-0.2, -0.15) is 0 Å². The van der Waals surface area contributed by atoms with E-state index in [1.54, 1.807) is 36.2 Å². The summed E-state index contributed by atoms with van der Waals surface area (Å²) in [5, 5.41) is 0. The molecule has 2 N–H and O–H groups in total. The van der Waals surface area contributed by atoms with E-state index in [-0.39, 0.29) is 24.2 Å². The first-order chi connectivity index (χ1) is 9.52. The summed E-state index contributed by atoms with van der Waals surface area (Å²) in [6, 6.07) is 10.5. The quantitative estimate of drug-likeness (QED) is 0.915. The van der Waals surface area contributed by atoms with Gasteiger partial charge in [-0.15, -0.1) is 0 Å². The molecule has 5 heteroatoms. The zero-order valence-corrected chi connectivity index (χ0v) is 12.6. The Labute approximate surface area is 125 Å². The first-order valence-corrected chi connectivity index (χ1v) is 6.95. The maximum absolute atomic E-state index is 14.0. The van der Waals surface area contributed by atoms with Gasteiger partial charge in [-0.1, -0.05) is 22.0 Å². The SMILES string of the molecule is CN(c1cccc(F)c1)C(CN)c1cc(Br)ccc1F. The van der Waals surface area contributed by atoms with Crippen molar-refractivity contribution in [1.82, 2.24) is 0 Å². The predicted octanol–water partition coefficient (Wildman–Crippen LogP) is 3.86. The number of benzene rings is 2. The van der Waals surface area contributed by atoms with Crippen LogP contribution in [0.4, 0.5) is 14.5 Å². The number of nitrogens with two attached hydrogens (primary N) is 1. The molecule has 2 rings (SSSR count). The number of hydrogen-bond donors (Lipinski definition) is 1. The number of halogens is 3. The predicted molar refractivity (Wildman–Crippen MR) is 80.7 cm³/mol. The van der Waals surface area contributed by atoms with Crippen LogP contribution in [0.2, 0.25) is 0 Å². The summed E-state index contributed by atoms with van der Waals surface area (Å²) in [5.74, 6) is -0.660. The molecule has 1 atom stereocenters. The molecule has 0 amide bonds. The van der Waals surface area contributed by atoms with Crippen LogP contribution in [-0.4, -0.2) is 13.6 Å². The van der Waals surface area contributed by atoms with Gasteiger partial charge in [0, 0.05) is 29.3 Å². The lowest BCUT2D eigenvalue weighted by Gasteiger charge is -2.30. The molecule has 0 heterocycles. The van der Waals surface area contributed by atoms with Crippen molar-refractivity contribution in [2.75, 3.05) is 18.5 Å². The van der Waals surface area contributed by atoms with Crippen LogP contribution in [0.15, 0.2) is 46.9 Å². The highest BCUT2D eigenvalue weighted by Crippen LogP contribution is 2.29. The monoisotopic (exact) mass is 340 g/mol. The van der Waals surface area contributed by atoms with Crippen molar-refractivity contribution in [2.45, 2.75) is 6.04 Å². The number of nitrogens with zero attached hydrogens (tertiary/aromatic N) is 1. The molecule has 0 aliphatic rings. The van der Waals surface area contributed by atoms with Crippen molar-refractivity contribution >= 4 is 21.6 Å². The standard InChI is InChI=1S/C15H15BrF2N2/c1-20(12-4-2-3-11(17)8-12)15(9-19)13-7-10(16)5-6-14(13)18/h2-8,15H,9,19H2,1H3. The average Bonchev–Trinajstić information content (AvgIpc) is 2.43. The van der Waals surface area contributed by atoms with E-state index in [0.717, 1.165) is 4.47 Å². The lowest BCUT2D eigenvalue weighted by molar-refractivity contribution is 0.571. The molecule has 0 aliphatic heterocycles. The smallest absolute Gasteiger partial charge is 0.128 e. The number of rotatable bonds is 4. The second-order valence-corrected chi connectivity index (χ2v) is 5.42. The minimum atomic E-state index is -0.366. The largest absolute Gasteiger partial charge is 0.366 e.